The number of methoxy groups -OCH3 is 1. The summed E-state index contributed by atoms with van der Waals surface area (Å²) < 4.78 is 18.1. The highest BCUT2D eigenvalue weighted by Crippen LogP contribution is 2.17. The molecule has 72 valence electrons. The summed E-state index contributed by atoms with van der Waals surface area (Å²) in [5, 5.41) is 8.29. The third-order valence-corrected chi connectivity index (χ3v) is 1.71. The third kappa shape index (κ3) is 2.60. The van der Waals surface area contributed by atoms with Crippen LogP contribution < -0.4 is 4.74 Å². The third-order valence-electron chi connectivity index (χ3n) is 1.71. The van der Waals surface area contributed by atoms with Crippen LogP contribution in [-0.2, 0) is 0 Å². The Morgan fingerprint density at radius 1 is 1.57 bits per heavy atom. The van der Waals surface area contributed by atoms with Gasteiger partial charge in [-0.05, 0) is 18.2 Å². The number of nitrogens with zero attached hydrogens (tertiary/aromatic N) is 1. The van der Waals surface area contributed by atoms with Crippen LogP contribution in [0.15, 0.2) is 24.3 Å². The molecule has 1 aromatic rings. The van der Waals surface area contributed by atoms with Crippen LogP contribution in [0.1, 0.15) is 12.0 Å². The lowest BCUT2D eigenvalue weighted by Crippen LogP contribution is -1.86. The molecule has 0 saturated heterocycles. The summed E-state index contributed by atoms with van der Waals surface area (Å²) >= 11 is 0. The molecule has 2 nitrogen and oxygen atoms in total. The highest BCUT2D eigenvalue weighted by molar-refractivity contribution is 5.52. The largest absolute Gasteiger partial charge is 0.497 e. The summed E-state index contributed by atoms with van der Waals surface area (Å²) in [7, 11) is 1.52. The average Bonchev–Trinajstić information content (AvgIpc) is 2.21. The first-order chi connectivity index (χ1) is 6.77. The highest BCUT2D eigenvalue weighted by atomic mass is 19.1. The Morgan fingerprint density at radius 2 is 2.36 bits per heavy atom. The molecular formula is C11H10FNO. The van der Waals surface area contributed by atoms with Crippen molar-refractivity contribution < 1.29 is 9.13 Å². The summed E-state index contributed by atoms with van der Waals surface area (Å²) in [5.41, 5.74) is 0.430. The van der Waals surface area contributed by atoms with E-state index in [0.29, 0.717) is 11.3 Å². The van der Waals surface area contributed by atoms with Crippen LogP contribution in [0.5, 0.6) is 5.75 Å². The molecule has 0 heterocycles. The zero-order valence-electron chi connectivity index (χ0n) is 7.83. The molecule has 0 unspecified atom stereocenters. The molecule has 0 atom stereocenters. The Labute approximate surface area is 82.2 Å². The van der Waals surface area contributed by atoms with Crippen LogP contribution in [0.2, 0.25) is 0 Å². The number of halogens is 1. The molecule has 0 fully saturated rings. The van der Waals surface area contributed by atoms with E-state index in [4.69, 9.17) is 10.00 Å². The molecule has 0 N–H and O–H groups in total. The zero-order chi connectivity index (χ0) is 10.4. The quantitative estimate of drug-likeness (QED) is 0.735. The maximum Gasteiger partial charge on any atom is 0.130 e. The van der Waals surface area contributed by atoms with Gasteiger partial charge in [0.2, 0.25) is 0 Å². The van der Waals surface area contributed by atoms with Gasteiger partial charge in [0.1, 0.15) is 11.6 Å². The molecule has 3 heteroatoms. The molecule has 1 rings (SSSR count). The van der Waals surface area contributed by atoms with E-state index in [-0.39, 0.29) is 12.2 Å². The fourth-order valence-electron chi connectivity index (χ4n) is 1.02. The number of rotatable bonds is 3. The molecule has 0 aliphatic rings. The molecule has 0 aromatic heterocycles. The lowest BCUT2D eigenvalue weighted by molar-refractivity contribution is 0.413. The fourth-order valence-corrected chi connectivity index (χ4v) is 1.02. The fraction of sp³-hybridized carbons (Fsp3) is 0.182. The second kappa shape index (κ2) is 5.03. The van der Waals surface area contributed by atoms with E-state index in [2.05, 4.69) is 0 Å². The molecule has 0 aliphatic heterocycles. The molecule has 0 saturated carbocycles. The Morgan fingerprint density at radius 3 is 3.00 bits per heavy atom. The molecule has 0 aliphatic carbocycles. The van der Waals surface area contributed by atoms with Crippen molar-refractivity contribution in [1.29, 1.82) is 5.26 Å². The molecule has 0 spiro atoms. The average molecular weight is 191 g/mol. The van der Waals surface area contributed by atoms with Gasteiger partial charge in [0.25, 0.3) is 0 Å². The number of nitriles is 1. The highest BCUT2D eigenvalue weighted by Gasteiger charge is 1.99. The minimum absolute atomic E-state index is 0.274. The lowest BCUT2D eigenvalue weighted by Gasteiger charge is -2.01. The maximum atomic E-state index is 13.1. The number of ether oxygens (including phenoxy) is 1. The standard InChI is InChI=1S/C11H10FNO/c1-14-10-5-6-11(12)9(8-10)4-2-3-7-13/h2,4-6,8H,3H2,1H3. The van der Waals surface area contributed by atoms with Crippen LogP contribution in [0.3, 0.4) is 0 Å². The molecular weight excluding hydrogens is 181 g/mol. The Balaban J connectivity index is 2.90. The molecule has 1 aromatic carbocycles. The van der Waals surface area contributed by atoms with Crippen LogP contribution in [0.25, 0.3) is 6.08 Å². The monoisotopic (exact) mass is 191 g/mol. The number of allylic oxidation sites excluding steroid dienone is 1. The van der Waals surface area contributed by atoms with Crippen molar-refractivity contribution in [1.82, 2.24) is 0 Å². The number of hydrogen-bond donors (Lipinski definition) is 0. The van der Waals surface area contributed by atoms with E-state index in [1.807, 2.05) is 6.07 Å². The summed E-state index contributed by atoms with van der Waals surface area (Å²) in [6, 6.07) is 6.42. The van der Waals surface area contributed by atoms with Gasteiger partial charge in [0.15, 0.2) is 0 Å². The molecule has 0 radical (unpaired) electrons. The van der Waals surface area contributed by atoms with Crippen LogP contribution in [0, 0.1) is 17.1 Å². The minimum Gasteiger partial charge on any atom is -0.497 e. The zero-order valence-corrected chi connectivity index (χ0v) is 7.83. The first-order valence-corrected chi connectivity index (χ1v) is 4.15. The van der Waals surface area contributed by atoms with Gasteiger partial charge in [-0.2, -0.15) is 5.26 Å². The number of benzene rings is 1. The van der Waals surface area contributed by atoms with E-state index >= 15 is 0 Å². The Kier molecular flexibility index (Phi) is 3.69. The van der Waals surface area contributed by atoms with Crippen molar-refractivity contribution in [3.8, 4) is 11.8 Å². The molecule has 14 heavy (non-hydrogen) atoms. The second-order valence-corrected chi connectivity index (χ2v) is 2.65. The van der Waals surface area contributed by atoms with Crippen molar-refractivity contribution in [3.05, 3.63) is 35.7 Å². The van der Waals surface area contributed by atoms with Gasteiger partial charge < -0.3 is 4.74 Å². The summed E-state index contributed by atoms with van der Waals surface area (Å²) in [5.74, 6) is 0.281. The van der Waals surface area contributed by atoms with E-state index in [1.54, 1.807) is 24.3 Å². The summed E-state index contributed by atoms with van der Waals surface area (Å²) in [4.78, 5) is 0. The van der Waals surface area contributed by atoms with Crippen molar-refractivity contribution in [3.63, 3.8) is 0 Å². The van der Waals surface area contributed by atoms with E-state index < -0.39 is 0 Å². The molecule has 0 bridgehead atoms. The number of hydrogen-bond acceptors (Lipinski definition) is 2. The van der Waals surface area contributed by atoms with Crippen molar-refractivity contribution in [2.45, 2.75) is 6.42 Å². The summed E-state index contributed by atoms with van der Waals surface area (Å²) in [6.45, 7) is 0. The van der Waals surface area contributed by atoms with Gasteiger partial charge in [-0.15, -0.1) is 0 Å². The summed E-state index contributed by atoms with van der Waals surface area (Å²) in [6.07, 6.45) is 3.45. The SMILES string of the molecule is COc1ccc(F)c(C=CCC#N)c1. The predicted octanol–water partition coefficient (Wildman–Crippen LogP) is 2.76. The second-order valence-electron chi connectivity index (χ2n) is 2.65. The minimum atomic E-state index is -0.319. The van der Waals surface area contributed by atoms with E-state index in [1.165, 1.54) is 13.2 Å². The van der Waals surface area contributed by atoms with Crippen molar-refractivity contribution in [2.24, 2.45) is 0 Å². The van der Waals surface area contributed by atoms with Crippen molar-refractivity contribution >= 4 is 6.08 Å². The lowest BCUT2D eigenvalue weighted by atomic mass is 10.2. The van der Waals surface area contributed by atoms with Gasteiger partial charge in [-0.1, -0.05) is 12.2 Å². The Bertz CT molecular complexity index is 379. The maximum absolute atomic E-state index is 13.1. The van der Waals surface area contributed by atoms with Gasteiger partial charge in [-0.25, -0.2) is 4.39 Å². The first kappa shape index (κ1) is 10.3. The smallest absolute Gasteiger partial charge is 0.130 e. The van der Waals surface area contributed by atoms with Crippen LogP contribution in [-0.4, -0.2) is 7.11 Å². The Hall–Kier alpha value is -1.82. The van der Waals surface area contributed by atoms with Crippen LogP contribution >= 0.6 is 0 Å². The normalized spacial score (nSPS) is 10.1. The van der Waals surface area contributed by atoms with Crippen molar-refractivity contribution in [2.75, 3.05) is 7.11 Å². The van der Waals surface area contributed by atoms with E-state index in [0.717, 1.165) is 0 Å². The topological polar surface area (TPSA) is 33.0 Å². The van der Waals surface area contributed by atoms with E-state index in [9.17, 15) is 4.39 Å². The van der Waals surface area contributed by atoms with Gasteiger partial charge in [-0.3, -0.25) is 0 Å². The van der Waals surface area contributed by atoms with Gasteiger partial charge in [0, 0.05) is 5.56 Å². The van der Waals surface area contributed by atoms with Gasteiger partial charge >= 0.3 is 0 Å². The van der Waals surface area contributed by atoms with Crippen LogP contribution in [0.4, 0.5) is 4.39 Å². The predicted molar refractivity (Wildman–Crippen MR) is 52.2 cm³/mol. The van der Waals surface area contributed by atoms with Gasteiger partial charge in [0.05, 0.1) is 19.6 Å². The first-order valence-electron chi connectivity index (χ1n) is 4.15. The molecule has 0 amide bonds.